The van der Waals surface area contributed by atoms with E-state index in [4.69, 9.17) is 0 Å². The molecule has 0 saturated heterocycles. The number of hydrogen-bond donors (Lipinski definition) is 1. The van der Waals surface area contributed by atoms with Crippen LogP contribution in [0.1, 0.15) is 36.5 Å². The molecule has 0 fully saturated rings. The van der Waals surface area contributed by atoms with Crippen molar-refractivity contribution in [2.45, 2.75) is 31.6 Å². The number of rotatable bonds is 2. The van der Waals surface area contributed by atoms with E-state index in [0.717, 1.165) is 34.8 Å². The number of para-hydroxylation sites is 1. The molecule has 0 spiro atoms. The van der Waals surface area contributed by atoms with Gasteiger partial charge < -0.3 is 4.98 Å². The molecule has 0 bridgehead atoms. The van der Waals surface area contributed by atoms with E-state index >= 15 is 0 Å². The Hall–Kier alpha value is -1.61. The van der Waals surface area contributed by atoms with Crippen LogP contribution in [0.3, 0.4) is 0 Å². The van der Waals surface area contributed by atoms with Crippen LogP contribution in [0.5, 0.6) is 0 Å². The first-order valence-corrected chi connectivity index (χ1v) is 8.50. The highest BCUT2D eigenvalue weighted by Gasteiger charge is 2.40. The minimum Gasteiger partial charge on any atom is -0.360 e. The van der Waals surface area contributed by atoms with Gasteiger partial charge in [0.15, 0.2) is 0 Å². The molecule has 22 heavy (non-hydrogen) atoms. The monoisotopic (exact) mass is 357 g/mol. The molecule has 112 valence electrons. The molecule has 0 aliphatic heterocycles. The predicted octanol–water partition coefficient (Wildman–Crippen LogP) is 5.71. The number of halogens is 2. The molecule has 1 aromatic heterocycles. The number of aromatic nitrogens is 1. The van der Waals surface area contributed by atoms with Gasteiger partial charge in [0.2, 0.25) is 0 Å². The number of benzene rings is 2. The summed E-state index contributed by atoms with van der Waals surface area (Å²) in [5.41, 5.74) is 4.91. The Balaban J connectivity index is 1.99. The molecule has 0 saturated carbocycles. The van der Waals surface area contributed by atoms with Gasteiger partial charge in [-0.25, -0.2) is 4.39 Å². The van der Waals surface area contributed by atoms with Gasteiger partial charge in [0.25, 0.3) is 0 Å². The van der Waals surface area contributed by atoms with Crippen molar-refractivity contribution in [1.82, 2.24) is 4.98 Å². The zero-order chi connectivity index (χ0) is 15.3. The topological polar surface area (TPSA) is 15.8 Å². The lowest BCUT2D eigenvalue weighted by molar-refractivity contribution is 0.496. The van der Waals surface area contributed by atoms with E-state index in [1.165, 1.54) is 16.5 Å². The van der Waals surface area contributed by atoms with Gasteiger partial charge in [-0.05, 0) is 70.1 Å². The molecule has 0 radical (unpaired) electrons. The largest absolute Gasteiger partial charge is 0.360 e. The van der Waals surface area contributed by atoms with Crippen LogP contribution in [-0.4, -0.2) is 4.98 Å². The van der Waals surface area contributed by atoms with Gasteiger partial charge >= 0.3 is 0 Å². The highest BCUT2D eigenvalue weighted by atomic mass is 79.9. The van der Waals surface area contributed by atoms with Crippen molar-refractivity contribution in [3.8, 4) is 0 Å². The second-order valence-corrected chi connectivity index (χ2v) is 6.96. The molecule has 1 heterocycles. The van der Waals surface area contributed by atoms with Crippen LogP contribution in [0, 0.1) is 5.82 Å². The first-order valence-electron chi connectivity index (χ1n) is 7.71. The van der Waals surface area contributed by atoms with Gasteiger partial charge in [-0.1, -0.05) is 25.1 Å². The smallest absolute Gasteiger partial charge is 0.123 e. The molecule has 3 aromatic rings. The molecular weight excluding hydrogens is 341 g/mol. The van der Waals surface area contributed by atoms with Crippen LogP contribution in [0.2, 0.25) is 0 Å². The summed E-state index contributed by atoms with van der Waals surface area (Å²) in [6.45, 7) is 2.23. The van der Waals surface area contributed by atoms with Crippen LogP contribution in [-0.2, 0) is 11.8 Å². The van der Waals surface area contributed by atoms with Crippen molar-refractivity contribution in [3.05, 3.63) is 69.6 Å². The lowest BCUT2D eigenvalue weighted by atomic mass is 9.73. The molecule has 1 aliphatic rings. The van der Waals surface area contributed by atoms with E-state index in [1.54, 1.807) is 12.1 Å². The first kappa shape index (κ1) is 14.0. The van der Waals surface area contributed by atoms with E-state index in [9.17, 15) is 4.39 Å². The minimum absolute atomic E-state index is 0.0118. The van der Waals surface area contributed by atoms with Crippen molar-refractivity contribution in [2.75, 3.05) is 0 Å². The average molecular weight is 358 g/mol. The molecule has 1 nitrogen and oxygen atoms in total. The van der Waals surface area contributed by atoms with Crippen LogP contribution in [0.15, 0.2) is 47.1 Å². The van der Waals surface area contributed by atoms with Crippen molar-refractivity contribution >= 4 is 26.8 Å². The highest BCUT2D eigenvalue weighted by molar-refractivity contribution is 9.10. The predicted molar refractivity (Wildman–Crippen MR) is 91.8 cm³/mol. The normalized spacial score (nSPS) is 20.5. The maximum absolute atomic E-state index is 13.6. The zero-order valence-electron chi connectivity index (χ0n) is 12.4. The average Bonchev–Trinajstić information content (AvgIpc) is 3.10. The van der Waals surface area contributed by atoms with Gasteiger partial charge in [0.05, 0.1) is 5.52 Å². The summed E-state index contributed by atoms with van der Waals surface area (Å²) in [6, 6.07) is 11.6. The quantitative estimate of drug-likeness (QED) is 0.604. The van der Waals surface area contributed by atoms with Crippen LogP contribution in [0.4, 0.5) is 4.39 Å². The molecule has 1 N–H and O–H groups in total. The molecule has 0 amide bonds. The fourth-order valence-electron chi connectivity index (χ4n) is 4.07. The second-order valence-electron chi connectivity index (χ2n) is 6.10. The van der Waals surface area contributed by atoms with Crippen molar-refractivity contribution in [3.63, 3.8) is 0 Å². The number of hydrogen-bond acceptors (Lipinski definition) is 0. The molecule has 1 atom stereocenters. The summed E-state index contributed by atoms with van der Waals surface area (Å²) in [7, 11) is 0. The van der Waals surface area contributed by atoms with Gasteiger partial charge in [-0.3, -0.25) is 0 Å². The zero-order valence-corrected chi connectivity index (χ0v) is 14.0. The van der Waals surface area contributed by atoms with E-state index in [1.807, 2.05) is 6.07 Å². The van der Waals surface area contributed by atoms with Gasteiger partial charge in [-0.15, -0.1) is 0 Å². The summed E-state index contributed by atoms with van der Waals surface area (Å²) >= 11 is 3.62. The Bertz CT molecular complexity index is 867. The number of H-pyrrole nitrogens is 1. The Morgan fingerprint density at radius 3 is 2.91 bits per heavy atom. The lowest BCUT2D eigenvalue weighted by Gasteiger charge is -2.29. The van der Waals surface area contributed by atoms with Crippen molar-refractivity contribution in [2.24, 2.45) is 0 Å². The van der Waals surface area contributed by atoms with Gasteiger partial charge in [0.1, 0.15) is 5.82 Å². The SMILES string of the molecule is CCC1(c2c[nH]c3c(Br)cccc23)CCc2cc(F)ccc21. The fraction of sp³-hybridized carbons (Fsp3) is 0.263. The number of fused-ring (bicyclic) bond motifs is 2. The second kappa shape index (κ2) is 4.95. The summed E-state index contributed by atoms with van der Waals surface area (Å²) < 4.78 is 14.6. The Morgan fingerprint density at radius 1 is 1.23 bits per heavy atom. The molecule has 1 unspecified atom stereocenters. The van der Waals surface area contributed by atoms with Gasteiger partial charge in [-0.2, -0.15) is 0 Å². The first-order chi connectivity index (χ1) is 10.7. The summed E-state index contributed by atoms with van der Waals surface area (Å²) in [5.74, 6) is -0.132. The number of nitrogens with one attached hydrogen (secondary N) is 1. The summed E-state index contributed by atoms with van der Waals surface area (Å²) in [4.78, 5) is 3.41. The Morgan fingerprint density at radius 2 is 2.09 bits per heavy atom. The molecule has 3 heteroatoms. The molecule has 1 aliphatic carbocycles. The van der Waals surface area contributed by atoms with Crippen LogP contribution >= 0.6 is 15.9 Å². The van der Waals surface area contributed by atoms with E-state index in [0.29, 0.717) is 0 Å². The Kier molecular flexibility index (Phi) is 3.15. The fourth-order valence-corrected chi connectivity index (χ4v) is 4.55. The molecule has 2 aromatic carbocycles. The molecule has 4 rings (SSSR count). The third-order valence-corrected chi connectivity index (χ3v) is 5.85. The third kappa shape index (κ3) is 1.81. The molecular formula is C19H17BrFN. The number of aryl methyl sites for hydroxylation is 1. The summed E-state index contributed by atoms with van der Waals surface area (Å²) in [5, 5.41) is 1.26. The van der Waals surface area contributed by atoms with Gasteiger partial charge in [0, 0.05) is 21.5 Å². The van der Waals surface area contributed by atoms with Crippen molar-refractivity contribution < 1.29 is 4.39 Å². The third-order valence-electron chi connectivity index (χ3n) is 5.19. The lowest BCUT2D eigenvalue weighted by Crippen LogP contribution is -2.23. The van der Waals surface area contributed by atoms with E-state index < -0.39 is 0 Å². The minimum atomic E-state index is -0.132. The van der Waals surface area contributed by atoms with E-state index in [2.05, 4.69) is 52.2 Å². The number of aromatic amines is 1. The maximum atomic E-state index is 13.6. The standard InChI is InChI=1S/C19H17BrFN/c1-2-19(9-8-12-10-13(21)6-7-15(12)19)16-11-22-18-14(16)4-3-5-17(18)20/h3-7,10-11,22H,2,8-9H2,1H3. The van der Waals surface area contributed by atoms with Crippen LogP contribution in [0.25, 0.3) is 10.9 Å². The van der Waals surface area contributed by atoms with E-state index in [-0.39, 0.29) is 11.2 Å². The summed E-state index contributed by atoms with van der Waals surface area (Å²) in [6.07, 6.45) is 5.14. The Labute approximate surface area is 137 Å². The highest BCUT2D eigenvalue weighted by Crippen LogP contribution is 2.49. The maximum Gasteiger partial charge on any atom is 0.123 e. The van der Waals surface area contributed by atoms with Crippen LogP contribution < -0.4 is 0 Å². The van der Waals surface area contributed by atoms with Crippen molar-refractivity contribution in [1.29, 1.82) is 0 Å².